The van der Waals surface area contributed by atoms with Gasteiger partial charge in [-0.25, -0.2) is 0 Å². The predicted octanol–water partition coefficient (Wildman–Crippen LogP) is 2.42. The van der Waals surface area contributed by atoms with E-state index in [4.69, 9.17) is 0 Å². The minimum Gasteiger partial charge on any atom is -0.311 e. The van der Waals surface area contributed by atoms with Crippen molar-refractivity contribution in [3.8, 4) is 0 Å². The quantitative estimate of drug-likeness (QED) is 0.735. The van der Waals surface area contributed by atoms with Crippen LogP contribution in [0.2, 0.25) is 0 Å². The molecule has 1 N–H and O–H groups in total. The number of hydrogen-bond donors (Lipinski definition) is 1. The Morgan fingerprint density at radius 3 is 2.81 bits per heavy atom. The Labute approximate surface area is 100 Å². The van der Waals surface area contributed by atoms with Gasteiger partial charge in [0.25, 0.3) is 0 Å². The minimum atomic E-state index is 0.763. The summed E-state index contributed by atoms with van der Waals surface area (Å²) in [4.78, 5) is 2.61. The number of hydrogen-bond acceptors (Lipinski definition) is 2. The van der Waals surface area contributed by atoms with Crippen molar-refractivity contribution in [1.29, 1.82) is 0 Å². The fourth-order valence-electron chi connectivity index (χ4n) is 3.17. The van der Waals surface area contributed by atoms with Crippen molar-refractivity contribution in [3.63, 3.8) is 0 Å². The summed E-state index contributed by atoms with van der Waals surface area (Å²) in [6, 6.07) is 0.763. The van der Waals surface area contributed by atoms with Crippen molar-refractivity contribution in [2.45, 2.75) is 44.6 Å². The van der Waals surface area contributed by atoms with E-state index >= 15 is 0 Å². The van der Waals surface area contributed by atoms with Crippen LogP contribution in [0.25, 0.3) is 0 Å². The first-order chi connectivity index (χ1) is 7.90. The van der Waals surface area contributed by atoms with Gasteiger partial charge in [-0.1, -0.05) is 25.3 Å². The first-order valence-electron chi connectivity index (χ1n) is 6.97. The molecule has 2 heteroatoms. The van der Waals surface area contributed by atoms with Crippen LogP contribution >= 0.6 is 0 Å². The van der Waals surface area contributed by atoms with Crippen molar-refractivity contribution in [1.82, 2.24) is 10.2 Å². The highest BCUT2D eigenvalue weighted by Gasteiger charge is 2.27. The van der Waals surface area contributed by atoms with Gasteiger partial charge in [0, 0.05) is 32.2 Å². The molecule has 1 saturated heterocycles. The number of nitrogens with one attached hydrogen (secondary N) is 1. The Bertz CT molecular complexity index is 209. The smallest absolute Gasteiger partial charge is 0.0223 e. The van der Waals surface area contributed by atoms with E-state index in [9.17, 15) is 0 Å². The molecule has 0 bridgehead atoms. The Hall–Kier alpha value is -0.340. The van der Waals surface area contributed by atoms with Crippen LogP contribution in [0.4, 0.5) is 0 Å². The second-order valence-electron chi connectivity index (χ2n) is 5.34. The summed E-state index contributed by atoms with van der Waals surface area (Å²) in [5.41, 5.74) is 0. The van der Waals surface area contributed by atoms with Gasteiger partial charge in [0.15, 0.2) is 0 Å². The third kappa shape index (κ3) is 3.33. The molecule has 0 aromatic carbocycles. The Morgan fingerprint density at radius 2 is 2.06 bits per heavy atom. The summed E-state index contributed by atoms with van der Waals surface area (Å²) in [7, 11) is 0. The molecular formula is C14H26N2. The molecule has 1 unspecified atom stereocenters. The maximum absolute atomic E-state index is 3.81. The molecule has 0 amide bonds. The highest BCUT2D eigenvalue weighted by molar-refractivity contribution is 4.86. The highest BCUT2D eigenvalue weighted by Crippen LogP contribution is 2.27. The predicted molar refractivity (Wildman–Crippen MR) is 69.6 cm³/mol. The molecule has 2 fully saturated rings. The molecule has 0 radical (unpaired) electrons. The molecule has 1 saturated carbocycles. The molecular weight excluding hydrogens is 196 g/mol. The van der Waals surface area contributed by atoms with E-state index in [2.05, 4.69) is 16.8 Å². The van der Waals surface area contributed by atoms with Crippen molar-refractivity contribution < 1.29 is 0 Å². The average Bonchev–Trinajstić information content (AvgIpc) is 2.38. The van der Waals surface area contributed by atoms with E-state index in [0.29, 0.717) is 0 Å². The van der Waals surface area contributed by atoms with Crippen molar-refractivity contribution in [2.75, 3.05) is 26.2 Å². The molecule has 0 aromatic rings. The van der Waals surface area contributed by atoms with Gasteiger partial charge in [0.2, 0.25) is 0 Å². The summed E-state index contributed by atoms with van der Waals surface area (Å²) < 4.78 is 0. The highest BCUT2D eigenvalue weighted by atomic mass is 15.2. The third-order valence-electron chi connectivity index (χ3n) is 4.16. The fraction of sp³-hybridized carbons (Fsp3) is 0.857. The zero-order valence-corrected chi connectivity index (χ0v) is 10.5. The van der Waals surface area contributed by atoms with Crippen LogP contribution in [0.3, 0.4) is 0 Å². The van der Waals surface area contributed by atoms with E-state index in [-0.39, 0.29) is 0 Å². The normalized spacial score (nSPS) is 29.1. The van der Waals surface area contributed by atoms with E-state index < -0.39 is 0 Å². The molecule has 0 aromatic heterocycles. The fourth-order valence-corrected chi connectivity index (χ4v) is 3.17. The summed E-state index contributed by atoms with van der Waals surface area (Å²) in [6.07, 6.45) is 10.4. The van der Waals surface area contributed by atoms with Crippen molar-refractivity contribution in [2.24, 2.45) is 5.92 Å². The van der Waals surface area contributed by atoms with Gasteiger partial charge in [-0.3, -0.25) is 0 Å². The number of rotatable bonds is 4. The lowest BCUT2D eigenvalue weighted by atomic mass is 9.83. The number of nitrogens with zero attached hydrogens (tertiary/aromatic N) is 1. The van der Waals surface area contributed by atoms with Crippen LogP contribution in [-0.2, 0) is 0 Å². The van der Waals surface area contributed by atoms with Crippen LogP contribution in [0.15, 0.2) is 12.7 Å². The zero-order chi connectivity index (χ0) is 11.2. The van der Waals surface area contributed by atoms with Crippen LogP contribution in [-0.4, -0.2) is 37.1 Å². The SMILES string of the molecule is C=CCCN1CCNC(C2CCCCC2)C1. The topological polar surface area (TPSA) is 15.3 Å². The van der Waals surface area contributed by atoms with Gasteiger partial charge in [-0.2, -0.15) is 0 Å². The molecule has 2 aliphatic rings. The summed E-state index contributed by atoms with van der Waals surface area (Å²) in [6.45, 7) is 8.68. The average molecular weight is 222 g/mol. The monoisotopic (exact) mass is 222 g/mol. The Kier molecular flexibility index (Phi) is 4.86. The van der Waals surface area contributed by atoms with Gasteiger partial charge in [0.1, 0.15) is 0 Å². The van der Waals surface area contributed by atoms with E-state index in [1.165, 1.54) is 58.3 Å². The van der Waals surface area contributed by atoms with Crippen molar-refractivity contribution in [3.05, 3.63) is 12.7 Å². The molecule has 1 aliphatic heterocycles. The third-order valence-corrected chi connectivity index (χ3v) is 4.16. The summed E-state index contributed by atoms with van der Waals surface area (Å²) >= 11 is 0. The van der Waals surface area contributed by atoms with E-state index in [1.807, 2.05) is 6.08 Å². The van der Waals surface area contributed by atoms with Crippen LogP contribution in [0.1, 0.15) is 38.5 Å². The standard InChI is InChI=1S/C14H26N2/c1-2-3-10-16-11-9-15-14(12-16)13-7-5-4-6-8-13/h2,13-15H,1,3-12H2. The summed E-state index contributed by atoms with van der Waals surface area (Å²) in [5.74, 6) is 0.945. The molecule has 1 aliphatic carbocycles. The molecule has 1 heterocycles. The lowest BCUT2D eigenvalue weighted by Crippen LogP contribution is -2.54. The molecule has 2 nitrogen and oxygen atoms in total. The van der Waals surface area contributed by atoms with Gasteiger partial charge in [-0.05, 0) is 25.2 Å². The molecule has 2 rings (SSSR count). The van der Waals surface area contributed by atoms with Crippen LogP contribution in [0.5, 0.6) is 0 Å². The first-order valence-corrected chi connectivity index (χ1v) is 6.97. The molecule has 1 atom stereocenters. The van der Waals surface area contributed by atoms with Crippen molar-refractivity contribution >= 4 is 0 Å². The molecule has 0 spiro atoms. The second-order valence-corrected chi connectivity index (χ2v) is 5.34. The maximum atomic E-state index is 3.81. The molecule has 16 heavy (non-hydrogen) atoms. The number of piperazine rings is 1. The largest absolute Gasteiger partial charge is 0.311 e. The van der Waals surface area contributed by atoms with Gasteiger partial charge in [-0.15, -0.1) is 6.58 Å². The van der Waals surface area contributed by atoms with E-state index in [0.717, 1.165) is 18.4 Å². The van der Waals surface area contributed by atoms with Gasteiger partial charge < -0.3 is 10.2 Å². The lowest BCUT2D eigenvalue weighted by Gasteiger charge is -2.39. The van der Waals surface area contributed by atoms with Gasteiger partial charge >= 0.3 is 0 Å². The van der Waals surface area contributed by atoms with Crippen LogP contribution in [0, 0.1) is 5.92 Å². The maximum Gasteiger partial charge on any atom is 0.0223 e. The molecule has 92 valence electrons. The Morgan fingerprint density at radius 1 is 1.25 bits per heavy atom. The lowest BCUT2D eigenvalue weighted by molar-refractivity contribution is 0.148. The second kappa shape index (κ2) is 6.41. The minimum absolute atomic E-state index is 0.763. The summed E-state index contributed by atoms with van der Waals surface area (Å²) in [5, 5.41) is 3.73. The van der Waals surface area contributed by atoms with E-state index in [1.54, 1.807) is 0 Å². The first kappa shape index (κ1) is 12.1. The van der Waals surface area contributed by atoms with Gasteiger partial charge in [0.05, 0.1) is 0 Å². The Balaban J connectivity index is 1.78. The zero-order valence-electron chi connectivity index (χ0n) is 10.5. The van der Waals surface area contributed by atoms with Crippen LogP contribution < -0.4 is 5.32 Å².